The normalized spacial score (nSPS) is 11.9. The molecule has 0 saturated heterocycles. The molecule has 0 fully saturated rings. The van der Waals surface area contributed by atoms with Crippen LogP contribution in [0.4, 0.5) is 0 Å². The molecule has 0 aliphatic carbocycles. The highest BCUT2D eigenvalue weighted by Gasteiger charge is 2.13. The number of aromatic nitrogens is 4. The van der Waals surface area contributed by atoms with E-state index < -0.39 is 0 Å². The summed E-state index contributed by atoms with van der Waals surface area (Å²) in [4.78, 5) is 16.9. The predicted molar refractivity (Wildman–Crippen MR) is 114 cm³/mol. The van der Waals surface area contributed by atoms with Crippen molar-refractivity contribution >= 4 is 11.0 Å². The lowest BCUT2D eigenvalue weighted by atomic mass is 9.86. The molecular formula is C24H26N4. The second kappa shape index (κ2) is 7.19. The Kier molecular flexibility index (Phi) is 4.71. The van der Waals surface area contributed by atoms with Gasteiger partial charge in [-0.2, -0.15) is 0 Å². The third-order valence-electron chi connectivity index (χ3n) is 5.09. The molecule has 0 atom stereocenters. The van der Waals surface area contributed by atoms with Gasteiger partial charge in [-0.15, -0.1) is 0 Å². The molecule has 1 aromatic carbocycles. The lowest BCUT2D eigenvalue weighted by Gasteiger charge is -2.19. The van der Waals surface area contributed by atoms with Crippen molar-refractivity contribution in [2.45, 2.75) is 46.0 Å². The molecule has 0 bridgehead atoms. The molecule has 4 nitrogen and oxygen atoms in total. The summed E-state index contributed by atoms with van der Waals surface area (Å²) in [5.74, 6) is 0.851. The minimum atomic E-state index is 0.174. The van der Waals surface area contributed by atoms with Gasteiger partial charge in [0, 0.05) is 43.0 Å². The Morgan fingerprint density at radius 2 is 1.57 bits per heavy atom. The van der Waals surface area contributed by atoms with Crippen LogP contribution in [0.2, 0.25) is 0 Å². The topological polar surface area (TPSA) is 54.5 Å². The first-order valence-corrected chi connectivity index (χ1v) is 9.70. The van der Waals surface area contributed by atoms with Crippen LogP contribution in [0.3, 0.4) is 0 Å². The highest BCUT2D eigenvalue weighted by molar-refractivity contribution is 5.80. The van der Waals surface area contributed by atoms with Crippen LogP contribution >= 0.6 is 0 Å². The first-order chi connectivity index (χ1) is 13.4. The molecule has 4 rings (SSSR count). The third-order valence-corrected chi connectivity index (χ3v) is 5.09. The largest absolute Gasteiger partial charge is 0.346 e. The summed E-state index contributed by atoms with van der Waals surface area (Å²) in [6, 6.07) is 10.9. The molecule has 0 amide bonds. The number of fused-ring (bicyclic) bond motifs is 1. The van der Waals surface area contributed by atoms with Crippen molar-refractivity contribution in [1.82, 2.24) is 19.9 Å². The van der Waals surface area contributed by atoms with E-state index in [0.29, 0.717) is 0 Å². The van der Waals surface area contributed by atoms with Gasteiger partial charge >= 0.3 is 0 Å². The van der Waals surface area contributed by atoms with Crippen molar-refractivity contribution in [2.24, 2.45) is 0 Å². The number of nitrogens with zero attached hydrogens (tertiary/aromatic N) is 3. The van der Waals surface area contributed by atoms with Crippen LogP contribution < -0.4 is 0 Å². The second-order valence-corrected chi connectivity index (χ2v) is 8.53. The molecule has 142 valence electrons. The van der Waals surface area contributed by atoms with Crippen LogP contribution in [0.5, 0.6) is 0 Å². The molecule has 4 aromatic rings. The maximum Gasteiger partial charge on any atom is 0.137 e. The molecule has 28 heavy (non-hydrogen) atoms. The molecule has 0 saturated carbocycles. The van der Waals surface area contributed by atoms with E-state index in [9.17, 15) is 0 Å². The SMILES string of the molecule is Cc1cnc2[nH]cc(Cc3cnc(Cc4ccc(C(C)(C)C)cc4)nc3)c2c1. The van der Waals surface area contributed by atoms with Crippen molar-refractivity contribution in [3.63, 3.8) is 0 Å². The van der Waals surface area contributed by atoms with Gasteiger partial charge in [0.05, 0.1) is 0 Å². The molecule has 0 unspecified atom stereocenters. The van der Waals surface area contributed by atoms with E-state index in [4.69, 9.17) is 0 Å². The van der Waals surface area contributed by atoms with Gasteiger partial charge in [-0.05, 0) is 46.2 Å². The van der Waals surface area contributed by atoms with Crippen molar-refractivity contribution in [1.29, 1.82) is 0 Å². The zero-order chi connectivity index (χ0) is 19.7. The van der Waals surface area contributed by atoms with Gasteiger partial charge in [-0.3, -0.25) is 0 Å². The van der Waals surface area contributed by atoms with Gasteiger partial charge in [0.25, 0.3) is 0 Å². The van der Waals surface area contributed by atoms with Crippen LogP contribution in [0.15, 0.2) is 55.1 Å². The summed E-state index contributed by atoms with van der Waals surface area (Å²) in [5.41, 5.74) is 7.17. The highest BCUT2D eigenvalue weighted by atomic mass is 14.9. The van der Waals surface area contributed by atoms with Gasteiger partial charge in [0.1, 0.15) is 11.5 Å². The summed E-state index contributed by atoms with van der Waals surface area (Å²) < 4.78 is 0. The number of pyridine rings is 1. The van der Waals surface area contributed by atoms with Crippen LogP contribution in [0.25, 0.3) is 11.0 Å². The number of rotatable bonds is 4. The molecule has 0 aliphatic heterocycles. The maximum absolute atomic E-state index is 4.59. The summed E-state index contributed by atoms with van der Waals surface area (Å²) in [5, 5.41) is 1.17. The van der Waals surface area contributed by atoms with Crippen LogP contribution in [0, 0.1) is 6.92 Å². The summed E-state index contributed by atoms with van der Waals surface area (Å²) in [6.07, 6.45) is 9.34. The molecule has 0 radical (unpaired) electrons. The van der Waals surface area contributed by atoms with Crippen molar-refractivity contribution < 1.29 is 0 Å². The van der Waals surface area contributed by atoms with Crippen LogP contribution in [-0.4, -0.2) is 19.9 Å². The summed E-state index contributed by atoms with van der Waals surface area (Å²) >= 11 is 0. The molecule has 0 spiro atoms. The van der Waals surface area contributed by atoms with E-state index in [-0.39, 0.29) is 5.41 Å². The number of aromatic amines is 1. The average molecular weight is 371 g/mol. The first-order valence-electron chi connectivity index (χ1n) is 9.70. The van der Waals surface area contributed by atoms with E-state index in [1.165, 1.54) is 22.1 Å². The molecule has 3 heterocycles. The minimum Gasteiger partial charge on any atom is -0.346 e. The fourth-order valence-electron chi connectivity index (χ4n) is 3.40. The van der Waals surface area contributed by atoms with E-state index in [1.807, 2.05) is 24.8 Å². The molecule has 3 aromatic heterocycles. The Balaban J connectivity index is 1.47. The fraction of sp³-hybridized carbons (Fsp3) is 0.292. The summed E-state index contributed by atoms with van der Waals surface area (Å²) in [7, 11) is 0. The Morgan fingerprint density at radius 1 is 0.857 bits per heavy atom. The zero-order valence-electron chi connectivity index (χ0n) is 17.0. The Bertz CT molecular complexity index is 1080. The average Bonchev–Trinajstić information content (AvgIpc) is 3.05. The number of hydrogen-bond donors (Lipinski definition) is 1. The first kappa shape index (κ1) is 18.4. The molecule has 1 N–H and O–H groups in total. The maximum atomic E-state index is 4.59. The van der Waals surface area contributed by atoms with Gasteiger partial charge in [0.2, 0.25) is 0 Å². The number of benzene rings is 1. The minimum absolute atomic E-state index is 0.174. The van der Waals surface area contributed by atoms with Crippen molar-refractivity contribution in [3.8, 4) is 0 Å². The Morgan fingerprint density at radius 3 is 2.25 bits per heavy atom. The Labute approximate surface area is 166 Å². The predicted octanol–water partition coefficient (Wildman–Crippen LogP) is 5.14. The van der Waals surface area contributed by atoms with Gasteiger partial charge in [-0.1, -0.05) is 45.0 Å². The third kappa shape index (κ3) is 3.96. The van der Waals surface area contributed by atoms with Crippen LogP contribution in [-0.2, 0) is 18.3 Å². The smallest absolute Gasteiger partial charge is 0.137 e. The number of H-pyrrole nitrogens is 1. The lowest BCUT2D eigenvalue weighted by molar-refractivity contribution is 0.590. The van der Waals surface area contributed by atoms with Crippen molar-refractivity contribution in [2.75, 3.05) is 0 Å². The summed E-state index contributed by atoms with van der Waals surface area (Å²) in [6.45, 7) is 8.76. The Hall–Kier alpha value is -3.01. The lowest BCUT2D eigenvalue weighted by Crippen LogP contribution is -2.10. The van der Waals surface area contributed by atoms with E-state index >= 15 is 0 Å². The number of aryl methyl sites for hydroxylation is 1. The zero-order valence-corrected chi connectivity index (χ0v) is 17.0. The molecule has 0 aliphatic rings. The van der Waals surface area contributed by atoms with E-state index in [0.717, 1.165) is 35.4 Å². The van der Waals surface area contributed by atoms with Gasteiger partial charge in [0.15, 0.2) is 0 Å². The standard InChI is InChI=1S/C24H26N4/c1-16-9-21-19(15-28-23(21)27-12-16)10-18-13-25-22(26-14-18)11-17-5-7-20(8-6-17)24(2,3)4/h5-9,12-15H,10-11H2,1-4H3,(H,27,28). The monoisotopic (exact) mass is 370 g/mol. The number of hydrogen-bond acceptors (Lipinski definition) is 3. The van der Waals surface area contributed by atoms with Gasteiger partial charge in [-0.25, -0.2) is 15.0 Å². The fourth-order valence-corrected chi connectivity index (χ4v) is 3.40. The highest BCUT2D eigenvalue weighted by Crippen LogP contribution is 2.23. The number of nitrogens with one attached hydrogen (secondary N) is 1. The van der Waals surface area contributed by atoms with Gasteiger partial charge < -0.3 is 4.98 Å². The van der Waals surface area contributed by atoms with E-state index in [1.54, 1.807) is 0 Å². The molecular weight excluding hydrogens is 344 g/mol. The van der Waals surface area contributed by atoms with Crippen molar-refractivity contribution in [3.05, 3.63) is 88.8 Å². The molecule has 4 heteroatoms. The second-order valence-electron chi connectivity index (χ2n) is 8.53. The van der Waals surface area contributed by atoms with E-state index in [2.05, 4.69) is 78.0 Å². The van der Waals surface area contributed by atoms with Crippen LogP contribution in [0.1, 0.15) is 54.4 Å². The quantitative estimate of drug-likeness (QED) is 0.541.